The SMILES string of the molecule is COc1ccc(-c2ccc(CCC(=O)O)n2-c2ccc(Nc3ccncc3)cc2)cc1. The normalized spacial score (nSPS) is 10.6. The number of carboxylic acid groups (broad SMARTS) is 1. The van der Waals surface area contributed by atoms with Gasteiger partial charge in [0.2, 0.25) is 0 Å². The van der Waals surface area contributed by atoms with Crippen molar-refractivity contribution < 1.29 is 14.6 Å². The van der Waals surface area contributed by atoms with E-state index in [4.69, 9.17) is 9.84 Å². The molecule has 4 rings (SSSR count). The highest BCUT2D eigenvalue weighted by atomic mass is 16.5. The number of anilines is 2. The van der Waals surface area contributed by atoms with Gasteiger partial charge in [-0.3, -0.25) is 9.78 Å². The highest BCUT2D eigenvalue weighted by molar-refractivity contribution is 5.69. The maximum atomic E-state index is 11.2. The fourth-order valence-electron chi connectivity index (χ4n) is 3.50. The number of carboxylic acids is 1. The van der Waals surface area contributed by atoms with Crippen molar-refractivity contribution in [3.63, 3.8) is 0 Å². The molecule has 2 aromatic heterocycles. The van der Waals surface area contributed by atoms with E-state index in [1.807, 2.05) is 72.8 Å². The van der Waals surface area contributed by atoms with Crippen LogP contribution in [0.25, 0.3) is 16.9 Å². The third-order valence-corrected chi connectivity index (χ3v) is 5.04. The number of nitrogens with one attached hydrogen (secondary N) is 1. The molecule has 0 unspecified atom stereocenters. The molecule has 6 nitrogen and oxygen atoms in total. The van der Waals surface area contributed by atoms with Crippen LogP contribution in [0.3, 0.4) is 0 Å². The number of nitrogens with zero attached hydrogens (tertiary/aromatic N) is 2. The van der Waals surface area contributed by atoms with E-state index in [1.54, 1.807) is 19.5 Å². The van der Waals surface area contributed by atoms with Crippen LogP contribution >= 0.6 is 0 Å². The highest BCUT2D eigenvalue weighted by Crippen LogP contribution is 2.30. The Hall–Kier alpha value is -4.06. The van der Waals surface area contributed by atoms with Crippen LogP contribution in [0.5, 0.6) is 5.75 Å². The van der Waals surface area contributed by atoms with Crippen molar-refractivity contribution in [1.29, 1.82) is 0 Å². The van der Waals surface area contributed by atoms with Gasteiger partial charge < -0.3 is 19.7 Å². The number of rotatable bonds is 8. The summed E-state index contributed by atoms with van der Waals surface area (Å²) < 4.78 is 7.38. The molecule has 0 radical (unpaired) electrons. The molecule has 6 heteroatoms. The van der Waals surface area contributed by atoms with Gasteiger partial charge in [-0.1, -0.05) is 0 Å². The van der Waals surface area contributed by atoms with Gasteiger partial charge in [0.25, 0.3) is 0 Å². The minimum absolute atomic E-state index is 0.0771. The summed E-state index contributed by atoms with van der Waals surface area (Å²) in [6.07, 6.45) is 4.01. The Morgan fingerprint density at radius 1 is 0.935 bits per heavy atom. The molecule has 0 atom stereocenters. The Balaban J connectivity index is 1.68. The molecule has 0 aliphatic heterocycles. The van der Waals surface area contributed by atoms with E-state index in [9.17, 15) is 4.79 Å². The van der Waals surface area contributed by atoms with Crippen LogP contribution < -0.4 is 10.1 Å². The van der Waals surface area contributed by atoms with E-state index < -0.39 is 5.97 Å². The highest BCUT2D eigenvalue weighted by Gasteiger charge is 2.13. The molecule has 0 aliphatic rings. The van der Waals surface area contributed by atoms with E-state index in [0.717, 1.165) is 39.8 Å². The summed E-state index contributed by atoms with van der Waals surface area (Å²) in [7, 11) is 1.64. The van der Waals surface area contributed by atoms with Gasteiger partial charge in [0, 0.05) is 35.1 Å². The number of pyridine rings is 1. The number of carbonyl (C=O) groups is 1. The Morgan fingerprint density at radius 3 is 2.26 bits per heavy atom. The third-order valence-electron chi connectivity index (χ3n) is 5.04. The Labute approximate surface area is 180 Å². The van der Waals surface area contributed by atoms with Crippen molar-refractivity contribution in [1.82, 2.24) is 9.55 Å². The minimum atomic E-state index is -0.810. The van der Waals surface area contributed by atoms with Crippen LogP contribution in [0.1, 0.15) is 12.1 Å². The first-order valence-electron chi connectivity index (χ1n) is 9.98. The largest absolute Gasteiger partial charge is 0.497 e. The first-order chi connectivity index (χ1) is 15.1. The molecule has 0 aliphatic carbocycles. The Kier molecular flexibility index (Phi) is 5.98. The standard InChI is InChI=1S/C25H23N3O3/c1-31-23-10-2-18(3-11-23)24-12-8-22(9-13-25(29)30)28(24)21-6-4-19(5-7-21)27-20-14-16-26-17-15-20/h2-8,10-12,14-17H,9,13H2,1H3,(H,26,27)(H,29,30). The number of aryl methyl sites for hydroxylation is 1. The lowest BCUT2D eigenvalue weighted by molar-refractivity contribution is -0.136. The van der Waals surface area contributed by atoms with Gasteiger partial charge in [-0.15, -0.1) is 0 Å². The summed E-state index contributed by atoms with van der Waals surface area (Å²) >= 11 is 0. The monoisotopic (exact) mass is 413 g/mol. The van der Waals surface area contributed by atoms with Crippen LogP contribution in [-0.4, -0.2) is 27.7 Å². The molecular formula is C25H23N3O3. The predicted molar refractivity (Wildman–Crippen MR) is 121 cm³/mol. The fraction of sp³-hybridized carbons (Fsp3) is 0.120. The van der Waals surface area contributed by atoms with Crippen molar-refractivity contribution in [2.24, 2.45) is 0 Å². The number of hydrogen-bond acceptors (Lipinski definition) is 4. The van der Waals surface area contributed by atoms with Crippen LogP contribution in [0.2, 0.25) is 0 Å². The van der Waals surface area contributed by atoms with Crippen molar-refractivity contribution in [2.75, 3.05) is 12.4 Å². The summed E-state index contributed by atoms with van der Waals surface area (Å²) in [4.78, 5) is 15.2. The smallest absolute Gasteiger partial charge is 0.303 e. The van der Waals surface area contributed by atoms with Gasteiger partial charge in [0.15, 0.2) is 0 Å². The number of ether oxygens (including phenoxy) is 1. The van der Waals surface area contributed by atoms with E-state index in [1.165, 1.54) is 0 Å². The summed E-state index contributed by atoms with van der Waals surface area (Å²) in [5.41, 5.74) is 5.86. The maximum absolute atomic E-state index is 11.2. The third kappa shape index (κ3) is 4.75. The van der Waals surface area contributed by atoms with Gasteiger partial charge in [-0.05, 0) is 84.8 Å². The first-order valence-corrected chi connectivity index (χ1v) is 9.98. The van der Waals surface area contributed by atoms with Gasteiger partial charge >= 0.3 is 5.97 Å². The molecule has 2 aromatic carbocycles. The van der Waals surface area contributed by atoms with Crippen molar-refractivity contribution in [3.05, 3.63) is 90.9 Å². The van der Waals surface area contributed by atoms with Crippen LogP contribution in [0.4, 0.5) is 11.4 Å². The van der Waals surface area contributed by atoms with Crippen LogP contribution in [0, 0.1) is 0 Å². The summed E-state index contributed by atoms with van der Waals surface area (Å²) in [5, 5.41) is 12.5. The number of aliphatic carboxylic acids is 1. The van der Waals surface area contributed by atoms with E-state index in [0.29, 0.717) is 6.42 Å². The zero-order valence-corrected chi connectivity index (χ0v) is 17.2. The summed E-state index contributed by atoms with van der Waals surface area (Å²) in [6, 6.07) is 23.8. The number of benzene rings is 2. The topological polar surface area (TPSA) is 76.4 Å². The van der Waals surface area contributed by atoms with Crippen molar-refractivity contribution >= 4 is 17.3 Å². The lowest BCUT2D eigenvalue weighted by atomic mass is 10.1. The Morgan fingerprint density at radius 2 is 1.61 bits per heavy atom. The molecule has 0 fully saturated rings. The predicted octanol–water partition coefficient (Wildman–Crippen LogP) is 5.31. The molecule has 0 amide bonds. The molecule has 4 aromatic rings. The molecule has 0 spiro atoms. The first kappa shape index (κ1) is 20.2. The molecule has 0 saturated carbocycles. The average Bonchev–Trinajstić information content (AvgIpc) is 3.23. The fourth-order valence-corrected chi connectivity index (χ4v) is 3.50. The van der Waals surface area contributed by atoms with E-state index >= 15 is 0 Å². The average molecular weight is 413 g/mol. The van der Waals surface area contributed by atoms with Gasteiger partial charge in [0.1, 0.15) is 5.75 Å². The zero-order chi connectivity index (χ0) is 21.6. The van der Waals surface area contributed by atoms with Crippen molar-refractivity contribution in [2.45, 2.75) is 12.8 Å². The number of aromatic nitrogens is 2. The molecular weight excluding hydrogens is 390 g/mol. The summed E-state index contributed by atoms with van der Waals surface area (Å²) in [5.74, 6) is -0.0184. The molecule has 2 heterocycles. The second-order valence-corrected chi connectivity index (χ2v) is 7.08. The summed E-state index contributed by atoms with van der Waals surface area (Å²) in [6.45, 7) is 0. The van der Waals surface area contributed by atoms with E-state index in [-0.39, 0.29) is 6.42 Å². The lowest BCUT2D eigenvalue weighted by Gasteiger charge is -2.15. The van der Waals surface area contributed by atoms with Crippen LogP contribution in [0.15, 0.2) is 85.2 Å². The zero-order valence-electron chi connectivity index (χ0n) is 17.2. The quantitative estimate of drug-likeness (QED) is 0.409. The van der Waals surface area contributed by atoms with Crippen LogP contribution in [-0.2, 0) is 11.2 Å². The number of methoxy groups -OCH3 is 1. The van der Waals surface area contributed by atoms with E-state index in [2.05, 4.69) is 14.9 Å². The molecule has 31 heavy (non-hydrogen) atoms. The Bertz CT molecular complexity index is 1150. The van der Waals surface area contributed by atoms with Crippen molar-refractivity contribution in [3.8, 4) is 22.7 Å². The molecule has 0 saturated heterocycles. The number of hydrogen-bond donors (Lipinski definition) is 2. The second-order valence-electron chi connectivity index (χ2n) is 7.08. The maximum Gasteiger partial charge on any atom is 0.303 e. The lowest BCUT2D eigenvalue weighted by Crippen LogP contribution is -2.05. The van der Waals surface area contributed by atoms with Gasteiger partial charge in [-0.25, -0.2) is 0 Å². The minimum Gasteiger partial charge on any atom is -0.497 e. The molecule has 156 valence electrons. The second kappa shape index (κ2) is 9.17. The van der Waals surface area contributed by atoms with Gasteiger partial charge in [-0.2, -0.15) is 0 Å². The molecule has 2 N–H and O–H groups in total. The molecule has 0 bridgehead atoms. The van der Waals surface area contributed by atoms with Gasteiger partial charge in [0.05, 0.1) is 19.2 Å².